The smallest absolute Gasteiger partial charge is 0.377 e. The van der Waals surface area contributed by atoms with Gasteiger partial charge in [0.05, 0.1) is 11.5 Å². The molecule has 168 valence electrons. The molecule has 6 aliphatic carbocycles. The van der Waals surface area contributed by atoms with Crippen LogP contribution in [0.2, 0.25) is 0 Å². The highest BCUT2D eigenvalue weighted by atomic mass is 19.3. The molecule has 0 radical (unpaired) electrons. The van der Waals surface area contributed by atoms with E-state index in [1.165, 1.54) is 0 Å². The number of hydrogen-bond donors (Lipinski definition) is 0. The third-order valence-electron chi connectivity index (χ3n) is 9.64. The van der Waals surface area contributed by atoms with E-state index in [0.29, 0.717) is 26.2 Å². The summed E-state index contributed by atoms with van der Waals surface area (Å²) in [6.45, 7) is 0.393. The molecule has 7 nitrogen and oxygen atoms in total. The summed E-state index contributed by atoms with van der Waals surface area (Å²) >= 11 is 0. The molecule has 0 aromatic heterocycles. The molecule has 1 saturated heterocycles. The fraction of sp³-hybridized carbons (Fsp3) is 0.864. The van der Waals surface area contributed by atoms with E-state index in [0.717, 1.165) is 19.3 Å². The maximum atomic E-state index is 13.3. The van der Waals surface area contributed by atoms with Crippen molar-refractivity contribution in [1.29, 1.82) is 0 Å². The summed E-state index contributed by atoms with van der Waals surface area (Å²) in [7, 11) is 0. The molecule has 1 spiro atoms. The van der Waals surface area contributed by atoms with E-state index in [1.54, 1.807) is 0 Å². The van der Waals surface area contributed by atoms with Crippen molar-refractivity contribution in [3.63, 3.8) is 0 Å². The van der Waals surface area contributed by atoms with Crippen molar-refractivity contribution in [2.45, 2.75) is 74.8 Å². The van der Waals surface area contributed by atoms with Crippen LogP contribution in [0.1, 0.15) is 45.4 Å². The van der Waals surface area contributed by atoms with Crippen LogP contribution in [-0.4, -0.2) is 53.8 Å². The van der Waals surface area contributed by atoms with Crippen LogP contribution >= 0.6 is 0 Å². The van der Waals surface area contributed by atoms with Crippen LogP contribution in [0.4, 0.5) is 8.78 Å². The quantitative estimate of drug-likeness (QED) is 0.463. The van der Waals surface area contributed by atoms with Crippen LogP contribution in [-0.2, 0) is 33.3 Å². The normalized spacial score (nSPS) is 53.8. The van der Waals surface area contributed by atoms with Crippen molar-refractivity contribution >= 4 is 17.9 Å². The minimum atomic E-state index is -3.49. The van der Waals surface area contributed by atoms with E-state index >= 15 is 0 Å². The SMILES string of the molecule is CC(F)(F)C(=O)OC12CC3CC4(OCC(=O)OC5C6CC7C(=O)OC5C7C6)CC1(C2)C34. The average Bonchev–Trinajstić information content (AvgIpc) is 2.92. The first-order valence-electron chi connectivity index (χ1n) is 11.2. The predicted molar refractivity (Wildman–Crippen MR) is 95.5 cm³/mol. The second-order valence-corrected chi connectivity index (χ2v) is 11.1. The molecular weight excluding hydrogens is 414 g/mol. The van der Waals surface area contributed by atoms with Gasteiger partial charge in [0, 0.05) is 30.1 Å². The van der Waals surface area contributed by atoms with Gasteiger partial charge >= 0.3 is 23.8 Å². The summed E-state index contributed by atoms with van der Waals surface area (Å²) in [6.07, 6.45) is 3.51. The van der Waals surface area contributed by atoms with Crippen LogP contribution in [0.25, 0.3) is 0 Å². The lowest BCUT2D eigenvalue weighted by Crippen LogP contribution is -2.67. The molecule has 1 heterocycles. The molecule has 0 aromatic carbocycles. The number of rotatable bonds is 6. The largest absolute Gasteiger partial charge is 0.458 e. The number of ether oxygens (including phenoxy) is 4. The van der Waals surface area contributed by atoms with Gasteiger partial charge in [0.25, 0.3) is 0 Å². The van der Waals surface area contributed by atoms with Crippen molar-refractivity contribution in [1.82, 2.24) is 0 Å². The van der Waals surface area contributed by atoms with Crippen molar-refractivity contribution in [3.8, 4) is 0 Å². The third-order valence-corrected chi connectivity index (χ3v) is 9.64. The van der Waals surface area contributed by atoms with E-state index in [9.17, 15) is 23.2 Å². The molecule has 0 N–H and O–H groups in total. The Kier molecular flexibility index (Phi) is 3.17. The molecule has 0 aromatic rings. The Morgan fingerprint density at radius 2 is 2.00 bits per heavy atom. The minimum absolute atomic E-state index is 0.0268. The molecule has 0 amide bonds. The molecule has 10 atom stereocenters. The lowest BCUT2D eigenvalue weighted by Gasteiger charge is -2.64. The Balaban J connectivity index is 0.965. The van der Waals surface area contributed by atoms with Crippen LogP contribution in [0, 0.1) is 35.0 Å². The number of halogens is 2. The zero-order valence-corrected chi connectivity index (χ0v) is 17.1. The fourth-order valence-electron chi connectivity index (χ4n) is 8.68. The lowest BCUT2D eigenvalue weighted by atomic mass is 9.45. The molecule has 1 aliphatic heterocycles. The first-order chi connectivity index (χ1) is 14.6. The van der Waals surface area contributed by atoms with Gasteiger partial charge in [0.1, 0.15) is 24.4 Å². The molecule has 6 saturated carbocycles. The van der Waals surface area contributed by atoms with Gasteiger partial charge in [0.15, 0.2) is 0 Å². The number of fused-ring (bicyclic) bond motifs is 1. The molecule has 7 fully saturated rings. The number of carbonyl (C=O) groups is 3. The number of alkyl halides is 2. The molecule has 31 heavy (non-hydrogen) atoms. The van der Waals surface area contributed by atoms with Crippen LogP contribution < -0.4 is 0 Å². The Bertz CT molecular complexity index is 931. The highest BCUT2D eigenvalue weighted by Crippen LogP contribution is 2.90. The standard InChI is InChI=1S/C22H24F2O7/c1-19(23,24)18(27)31-22-5-10-4-21(7-20(22,8-22)16(10)21)28-6-13(25)29-14-9-2-11-12(3-9)17(26)30-15(11)14/h9-12,14-16H,2-8H2,1H3. The average molecular weight is 438 g/mol. The number of esters is 3. The van der Waals surface area contributed by atoms with E-state index < -0.39 is 29.1 Å². The van der Waals surface area contributed by atoms with Crippen LogP contribution in [0.5, 0.6) is 0 Å². The number of hydrogen-bond acceptors (Lipinski definition) is 7. The van der Waals surface area contributed by atoms with Gasteiger partial charge in [-0.1, -0.05) is 0 Å². The second-order valence-electron chi connectivity index (χ2n) is 11.1. The summed E-state index contributed by atoms with van der Waals surface area (Å²) in [5, 5.41) is 0. The van der Waals surface area contributed by atoms with Gasteiger partial charge in [-0.15, -0.1) is 0 Å². The predicted octanol–water partition coefficient (Wildman–Crippen LogP) is 2.01. The molecule has 7 aliphatic rings. The van der Waals surface area contributed by atoms with Gasteiger partial charge in [-0.3, -0.25) is 4.79 Å². The zero-order valence-electron chi connectivity index (χ0n) is 17.1. The monoisotopic (exact) mass is 438 g/mol. The topological polar surface area (TPSA) is 88.1 Å². The molecule has 7 rings (SSSR count). The van der Waals surface area contributed by atoms with Crippen molar-refractivity contribution in [2.75, 3.05) is 6.61 Å². The van der Waals surface area contributed by atoms with Crippen LogP contribution in [0.3, 0.4) is 0 Å². The fourth-order valence-corrected chi connectivity index (χ4v) is 8.68. The van der Waals surface area contributed by atoms with E-state index in [-0.39, 0.29) is 59.8 Å². The third kappa shape index (κ3) is 2.10. The van der Waals surface area contributed by atoms with Crippen molar-refractivity contribution in [3.05, 3.63) is 0 Å². The minimum Gasteiger partial charge on any atom is -0.458 e. The molecule has 2 bridgehead atoms. The Hall–Kier alpha value is -1.77. The summed E-state index contributed by atoms with van der Waals surface area (Å²) in [6, 6.07) is 0. The molecular formula is C22H24F2O7. The molecule has 9 heteroatoms. The van der Waals surface area contributed by atoms with Crippen molar-refractivity contribution < 1.29 is 42.1 Å². The maximum Gasteiger partial charge on any atom is 0.377 e. The summed E-state index contributed by atoms with van der Waals surface area (Å²) in [5.41, 5.74) is -1.45. The van der Waals surface area contributed by atoms with Gasteiger partial charge < -0.3 is 18.9 Å². The molecule has 10 unspecified atom stereocenters. The van der Waals surface area contributed by atoms with E-state index in [2.05, 4.69) is 0 Å². The summed E-state index contributed by atoms with van der Waals surface area (Å²) in [5.74, 6) is -4.78. The van der Waals surface area contributed by atoms with Gasteiger partial charge in [-0.25, -0.2) is 9.59 Å². The first-order valence-corrected chi connectivity index (χ1v) is 11.2. The Morgan fingerprint density at radius 1 is 1.19 bits per heavy atom. The Morgan fingerprint density at radius 3 is 2.77 bits per heavy atom. The number of carbonyl (C=O) groups excluding carboxylic acids is 3. The zero-order chi connectivity index (χ0) is 21.6. The van der Waals surface area contributed by atoms with Crippen molar-refractivity contribution in [2.24, 2.45) is 35.0 Å². The highest BCUT2D eigenvalue weighted by molar-refractivity contribution is 5.78. The summed E-state index contributed by atoms with van der Waals surface area (Å²) < 4.78 is 49.1. The second kappa shape index (κ2) is 5.24. The lowest BCUT2D eigenvalue weighted by molar-refractivity contribution is -0.271. The van der Waals surface area contributed by atoms with Gasteiger partial charge in [-0.2, -0.15) is 8.78 Å². The maximum absolute atomic E-state index is 13.3. The van der Waals surface area contributed by atoms with E-state index in [4.69, 9.17) is 18.9 Å². The first kappa shape index (κ1) is 18.8. The Labute approximate surface area is 177 Å². The van der Waals surface area contributed by atoms with Crippen LogP contribution in [0.15, 0.2) is 0 Å². The van der Waals surface area contributed by atoms with Gasteiger partial charge in [0.2, 0.25) is 0 Å². The van der Waals surface area contributed by atoms with E-state index in [1.807, 2.05) is 0 Å². The summed E-state index contributed by atoms with van der Waals surface area (Å²) in [4.78, 5) is 36.1. The highest BCUT2D eigenvalue weighted by Gasteiger charge is 2.93. The van der Waals surface area contributed by atoms with Gasteiger partial charge in [-0.05, 0) is 44.4 Å².